The van der Waals surface area contributed by atoms with Crippen LogP contribution in [-0.2, 0) is 20.9 Å². The molecule has 3 aromatic rings. The Morgan fingerprint density at radius 3 is 2.71 bits per heavy atom. The first-order valence-electron chi connectivity index (χ1n) is 9.86. The van der Waals surface area contributed by atoms with Gasteiger partial charge in [-0.15, -0.1) is 11.3 Å². The standard InChI is InChI=1S/C24H22N2O4S/c1-16(27)26-12-11-17-7-3-4-8-19(17)21(26)13-23(28)30-14-18-15-31-24(25-18)20-9-5-6-10-22(20)29-2/h3-12,15,21H,13-14H2,1-2H3. The lowest BCUT2D eigenvalue weighted by atomic mass is 9.94. The number of amides is 1. The zero-order valence-electron chi connectivity index (χ0n) is 17.3. The van der Waals surface area contributed by atoms with Crippen molar-refractivity contribution in [2.75, 3.05) is 7.11 Å². The maximum atomic E-state index is 12.6. The quantitative estimate of drug-likeness (QED) is 0.520. The Hall–Kier alpha value is -3.45. The SMILES string of the molecule is COc1ccccc1-c1nc(COC(=O)CC2c3ccccc3C=CN2C(C)=O)cs1. The van der Waals surface area contributed by atoms with Crippen molar-refractivity contribution in [3.05, 3.63) is 76.9 Å². The number of carbonyl (C=O) groups excluding carboxylic acids is 2. The van der Waals surface area contributed by atoms with Crippen LogP contribution in [0.3, 0.4) is 0 Å². The number of benzene rings is 2. The number of esters is 1. The number of nitrogens with zero attached hydrogens (tertiary/aromatic N) is 2. The average molecular weight is 435 g/mol. The first kappa shape index (κ1) is 20.8. The van der Waals surface area contributed by atoms with Crippen LogP contribution in [0.2, 0.25) is 0 Å². The highest BCUT2D eigenvalue weighted by atomic mass is 32.1. The summed E-state index contributed by atoms with van der Waals surface area (Å²) < 4.78 is 10.9. The predicted octanol–water partition coefficient (Wildman–Crippen LogP) is 4.83. The average Bonchev–Trinajstić information content (AvgIpc) is 3.26. The second kappa shape index (κ2) is 9.14. The minimum absolute atomic E-state index is 0.0738. The number of hydrogen-bond acceptors (Lipinski definition) is 6. The van der Waals surface area contributed by atoms with E-state index in [0.717, 1.165) is 27.4 Å². The normalized spacial score (nSPS) is 14.8. The van der Waals surface area contributed by atoms with Gasteiger partial charge in [-0.3, -0.25) is 9.59 Å². The Bertz CT molecular complexity index is 1140. The molecule has 0 saturated carbocycles. The van der Waals surface area contributed by atoms with Crippen molar-refractivity contribution in [3.63, 3.8) is 0 Å². The molecule has 6 nitrogen and oxygen atoms in total. The van der Waals surface area contributed by atoms with Gasteiger partial charge in [-0.2, -0.15) is 0 Å². The zero-order chi connectivity index (χ0) is 21.8. The van der Waals surface area contributed by atoms with Crippen LogP contribution in [0.15, 0.2) is 60.1 Å². The van der Waals surface area contributed by atoms with Crippen molar-refractivity contribution in [3.8, 4) is 16.3 Å². The number of para-hydroxylation sites is 1. The third kappa shape index (κ3) is 4.51. The van der Waals surface area contributed by atoms with Crippen molar-refractivity contribution in [1.82, 2.24) is 9.88 Å². The maximum Gasteiger partial charge on any atom is 0.308 e. The third-order valence-corrected chi connectivity index (χ3v) is 6.02. The number of aromatic nitrogens is 1. The van der Waals surface area contributed by atoms with E-state index in [-0.39, 0.29) is 30.9 Å². The number of carbonyl (C=O) groups is 2. The second-order valence-corrected chi connectivity index (χ2v) is 7.95. The number of methoxy groups -OCH3 is 1. The van der Waals surface area contributed by atoms with Crippen molar-refractivity contribution >= 4 is 29.3 Å². The molecule has 0 fully saturated rings. The van der Waals surface area contributed by atoms with Crippen LogP contribution in [0.1, 0.15) is 36.2 Å². The number of fused-ring (bicyclic) bond motifs is 1. The summed E-state index contributed by atoms with van der Waals surface area (Å²) in [5.74, 6) is 0.242. The molecule has 0 radical (unpaired) electrons. The van der Waals surface area contributed by atoms with Gasteiger partial charge in [-0.1, -0.05) is 36.4 Å². The van der Waals surface area contributed by atoms with Crippen LogP contribution in [0, 0.1) is 0 Å². The van der Waals surface area contributed by atoms with E-state index in [1.807, 2.05) is 60.0 Å². The highest BCUT2D eigenvalue weighted by Gasteiger charge is 2.28. The van der Waals surface area contributed by atoms with Gasteiger partial charge >= 0.3 is 5.97 Å². The predicted molar refractivity (Wildman–Crippen MR) is 119 cm³/mol. The van der Waals surface area contributed by atoms with Gasteiger partial charge in [0.25, 0.3) is 0 Å². The molecule has 31 heavy (non-hydrogen) atoms. The minimum Gasteiger partial charge on any atom is -0.496 e. The topological polar surface area (TPSA) is 68.7 Å². The Balaban J connectivity index is 1.43. The van der Waals surface area contributed by atoms with Gasteiger partial charge in [0.1, 0.15) is 17.4 Å². The first-order valence-corrected chi connectivity index (χ1v) is 10.7. The Morgan fingerprint density at radius 2 is 1.90 bits per heavy atom. The summed E-state index contributed by atoms with van der Waals surface area (Å²) in [5, 5.41) is 2.67. The molecule has 0 N–H and O–H groups in total. The highest BCUT2D eigenvalue weighted by molar-refractivity contribution is 7.13. The molecular weight excluding hydrogens is 412 g/mol. The lowest BCUT2D eigenvalue weighted by Crippen LogP contribution is -2.32. The van der Waals surface area contributed by atoms with Crippen molar-refractivity contribution < 1.29 is 19.1 Å². The fourth-order valence-corrected chi connectivity index (χ4v) is 4.44. The number of hydrogen-bond donors (Lipinski definition) is 0. The number of ether oxygens (including phenoxy) is 2. The fraction of sp³-hybridized carbons (Fsp3) is 0.208. The molecule has 0 aliphatic carbocycles. The first-order chi connectivity index (χ1) is 15.1. The summed E-state index contributed by atoms with van der Waals surface area (Å²) in [7, 11) is 1.62. The van der Waals surface area contributed by atoms with Gasteiger partial charge in [-0.05, 0) is 29.3 Å². The van der Waals surface area contributed by atoms with Crippen LogP contribution in [0.4, 0.5) is 0 Å². The molecule has 1 amide bonds. The molecule has 158 valence electrons. The molecule has 1 unspecified atom stereocenters. The largest absolute Gasteiger partial charge is 0.496 e. The van der Waals surface area contributed by atoms with Crippen molar-refractivity contribution in [2.24, 2.45) is 0 Å². The monoisotopic (exact) mass is 434 g/mol. The second-order valence-electron chi connectivity index (χ2n) is 7.10. The molecule has 1 aliphatic heterocycles. The summed E-state index contributed by atoms with van der Waals surface area (Å²) >= 11 is 1.47. The number of thiazole rings is 1. The van der Waals surface area contributed by atoms with Crippen LogP contribution in [0.25, 0.3) is 16.6 Å². The fourth-order valence-electron chi connectivity index (χ4n) is 3.60. The molecule has 0 saturated heterocycles. The molecule has 0 bridgehead atoms. The molecule has 1 aliphatic rings. The van der Waals surface area contributed by atoms with Crippen LogP contribution in [0.5, 0.6) is 5.75 Å². The minimum atomic E-state index is -0.384. The summed E-state index contributed by atoms with van der Waals surface area (Å²) in [6.07, 6.45) is 3.68. The van der Waals surface area contributed by atoms with E-state index in [1.54, 1.807) is 18.2 Å². The molecule has 1 atom stereocenters. The van der Waals surface area contributed by atoms with E-state index in [9.17, 15) is 9.59 Å². The molecule has 2 heterocycles. The van der Waals surface area contributed by atoms with Gasteiger partial charge < -0.3 is 14.4 Å². The summed E-state index contributed by atoms with van der Waals surface area (Å²) in [5.41, 5.74) is 3.50. The van der Waals surface area contributed by atoms with Gasteiger partial charge in [0.15, 0.2) is 0 Å². The Kier molecular flexibility index (Phi) is 6.13. The van der Waals surface area contributed by atoms with E-state index in [2.05, 4.69) is 4.98 Å². The lowest BCUT2D eigenvalue weighted by molar-refractivity contribution is -0.147. The lowest BCUT2D eigenvalue weighted by Gasteiger charge is -2.32. The van der Waals surface area contributed by atoms with Gasteiger partial charge in [-0.25, -0.2) is 4.98 Å². The van der Waals surface area contributed by atoms with Crippen LogP contribution >= 0.6 is 11.3 Å². The maximum absolute atomic E-state index is 12.6. The smallest absolute Gasteiger partial charge is 0.308 e. The Labute approximate surface area is 184 Å². The third-order valence-electron chi connectivity index (χ3n) is 5.10. The van der Waals surface area contributed by atoms with Gasteiger partial charge in [0.2, 0.25) is 5.91 Å². The molecular formula is C24H22N2O4S. The summed E-state index contributed by atoms with van der Waals surface area (Å²) in [4.78, 5) is 30.8. The molecule has 1 aromatic heterocycles. The van der Waals surface area contributed by atoms with Crippen LogP contribution in [-0.4, -0.2) is 28.9 Å². The van der Waals surface area contributed by atoms with Gasteiger partial charge in [0.05, 0.1) is 30.8 Å². The van der Waals surface area contributed by atoms with E-state index in [1.165, 1.54) is 18.3 Å². The van der Waals surface area contributed by atoms with Gasteiger partial charge in [0, 0.05) is 18.5 Å². The van der Waals surface area contributed by atoms with Crippen molar-refractivity contribution in [2.45, 2.75) is 26.0 Å². The van der Waals surface area contributed by atoms with Crippen molar-refractivity contribution in [1.29, 1.82) is 0 Å². The summed E-state index contributed by atoms with van der Waals surface area (Å²) in [6.45, 7) is 1.57. The van der Waals surface area contributed by atoms with E-state index in [0.29, 0.717) is 5.69 Å². The number of rotatable bonds is 6. The Morgan fingerprint density at radius 1 is 1.13 bits per heavy atom. The molecule has 4 rings (SSSR count). The van der Waals surface area contributed by atoms with E-state index >= 15 is 0 Å². The summed E-state index contributed by atoms with van der Waals surface area (Å²) in [6, 6.07) is 15.0. The zero-order valence-corrected chi connectivity index (χ0v) is 18.1. The molecule has 2 aromatic carbocycles. The van der Waals surface area contributed by atoms with Crippen LogP contribution < -0.4 is 4.74 Å². The molecule has 7 heteroatoms. The molecule has 0 spiro atoms. The highest BCUT2D eigenvalue weighted by Crippen LogP contribution is 2.34. The van der Waals surface area contributed by atoms with E-state index < -0.39 is 0 Å². The van der Waals surface area contributed by atoms with E-state index in [4.69, 9.17) is 9.47 Å².